The Bertz CT molecular complexity index is 726. The zero-order valence-electron chi connectivity index (χ0n) is 12.3. The Balaban J connectivity index is 1.72. The van der Waals surface area contributed by atoms with Crippen molar-refractivity contribution in [1.82, 2.24) is 15.0 Å². The molecule has 3 N–H and O–H groups in total. The number of nitrogens with one attached hydrogen (secondary N) is 2. The summed E-state index contributed by atoms with van der Waals surface area (Å²) in [6.45, 7) is 0.303. The topological polar surface area (TPSA) is 100 Å². The molecule has 0 aliphatic heterocycles. The number of methoxy groups -OCH3 is 1. The summed E-state index contributed by atoms with van der Waals surface area (Å²) >= 11 is 0. The van der Waals surface area contributed by atoms with Crippen LogP contribution in [0.4, 0.5) is 14.6 Å². The number of aromatic carboxylic acids is 1. The van der Waals surface area contributed by atoms with Gasteiger partial charge < -0.3 is 20.1 Å². The van der Waals surface area contributed by atoms with Gasteiger partial charge >= 0.3 is 5.97 Å². The number of anilines is 1. The van der Waals surface area contributed by atoms with Crippen LogP contribution in [0.25, 0.3) is 11.0 Å². The van der Waals surface area contributed by atoms with E-state index in [1.807, 2.05) is 0 Å². The number of fused-ring (bicyclic) bond motifs is 1. The summed E-state index contributed by atoms with van der Waals surface area (Å²) in [5.41, 5.74) is 0.398. The molecule has 2 heterocycles. The highest BCUT2D eigenvalue weighted by Crippen LogP contribution is 2.44. The van der Waals surface area contributed by atoms with Crippen LogP contribution in [0.1, 0.15) is 23.3 Å². The van der Waals surface area contributed by atoms with E-state index in [2.05, 4.69) is 20.3 Å². The average molecular weight is 326 g/mol. The molecule has 3 rings (SSSR count). The van der Waals surface area contributed by atoms with E-state index in [0.29, 0.717) is 23.4 Å². The first-order valence-electron chi connectivity index (χ1n) is 7.11. The van der Waals surface area contributed by atoms with Crippen LogP contribution in [0.3, 0.4) is 0 Å². The molecule has 2 aromatic rings. The van der Waals surface area contributed by atoms with Crippen molar-refractivity contribution in [2.75, 3.05) is 19.0 Å². The molecule has 1 aliphatic carbocycles. The summed E-state index contributed by atoms with van der Waals surface area (Å²) < 4.78 is 31.2. The number of aromatic nitrogens is 3. The molecule has 0 saturated heterocycles. The molecule has 2 aromatic heterocycles. The van der Waals surface area contributed by atoms with Crippen molar-refractivity contribution >= 4 is 22.8 Å². The Labute approximate surface area is 130 Å². The Morgan fingerprint density at radius 1 is 1.57 bits per heavy atom. The van der Waals surface area contributed by atoms with Crippen molar-refractivity contribution in [2.24, 2.45) is 5.92 Å². The smallest absolute Gasteiger partial charge is 0.352 e. The highest BCUT2D eigenvalue weighted by Gasteiger charge is 2.48. The molecule has 1 fully saturated rings. The monoisotopic (exact) mass is 326 g/mol. The second kappa shape index (κ2) is 5.73. The lowest BCUT2D eigenvalue weighted by Gasteiger charge is -2.39. The summed E-state index contributed by atoms with van der Waals surface area (Å²) in [4.78, 5) is 21.7. The summed E-state index contributed by atoms with van der Waals surface area (Å²) in [7, 11) is 1.48. The molecule has 0 aromatic carbocycles. The quantitative estimate of drug-likeness (QED) is 0.752. The Hall–Kier alpha value is -2.29. The average Bonchev–Trinajstić information content (AvgIpc) is 2.91. The van der Waals surface area contributed by atoms with E-state index in [9.17, 15) is 13.6 Å². The van der Waals surface area contributed by atoms with Crippen molar-refractivity contribution in [3.8, 4) is 0 Å². The van der Waals surface area contributed by atoms with Crippen molar-refractivity contribution in [3.05, 3.63) is 18.1 Å². The van der Waals surface area contributed by atoms with Gasteiger partial charge in [-0.3, -0.25) is 0 Å². The van der Waals surface area contributed by atoms with E-state index >= 15 is 0 Å². The maximum atomic E-state index is 13.0. The van der Waals surface area contributed by atoms with Gasteiger partial charge in [-0.15, -0.1) is 0 Å². The van der Waals surface area contributed by atoms with Crippen molar-refractivity contribution in [3.63, 3.8) is 0 Å². The van der Waals surface area contributed by atoms with Gasteiger partial charge in [0, 0.05) is 26.5 Å². The van der Waals surface area contributed by atoms with E-state index in [1.165, 1.54) is 19.5 Å². The molecular formula is C14H16F2N4O3. The first-order valence-corrected chi connectivity index (χ1v) is 7.11. The summed E-state index contributed by atoms with van der Waals surface area (Å²) in [6.07, 6.45) is 0.573. The number of hydrogen-bond acceptors (Lipinski definition) is 5. The Morgan fingerprint density at radius 2 is 2.30 bits per heavy atom. The molecule has 1 atom stereocenters. The van der Waals surface area contributed by atoms with Crippen LogP contribution in [-0.2, 0) is 4.74 Å². The van der Waals surface area contributed by atoms with Gasteiger partial charge in [0.25, 0.3) is 0 Å². The second-order valence-electron chi connectivity index (χ2n) is 5.65. The third kappa shape index (κ3) is 3.09. The first-order chi connectivity index (χ1) is 10.9. The minimum absolute atomic E-state index is 0.00507. The number of rotatable bonds is 6. The molecule has 1 aliphatic rings. The minimum Gasteiger partial charge on any atom is -0.477 e. The van der Waals surface area contributed by atoms with Gasteiger partial charge in [0.2, 0.25) is 5.92 Å². The number of carbonyl (C=O) groups is 1. The van der Waals surface area contributed by atoms with Crippen molar-refractivity contribution < 1.29 is 23.4 Å². The van der Waals surface area contributed by atoms with Gasteiger partial charge in [-0.05, 0) is 12.0 Å². The minimum atomic E-state index is -2.60. The molecule has 1 saturated carbocycles. The summed E-state index contributed by atoms with van der Waals surface area (Å²) in [6, 6.07) is 1.43. The number of carboxylic acid groups (broad SMARTS) is 1. The fourth-order valence-corrected chi connectivity index (χ4v) is 2.81. The van der Waals surface area contributed by atoms with Gasteiger partial charge in [0.05, 0.1) is 11.5 Å². The zero-order valence-corrected chi connectivity index (χ0v) is 12.3. The highest BCUT2D eigenvalue weighted by atomic mass is 19.3. The lowest BCUT2D eigenvalue weighted by atomic mass is 9.77. The van der Waals surface area contributed by atoms with Crippen LogP contribution in [0.5, 0.6) is 0 Å². The van der Waals surface area contributed by atoms with Crippen LogP contribution >= 0.6 is 0 Å². The summed E-state index contributed by atoms with van der Waals surface area (Å²) in [5, 5.41) is 12.6. The Kier molecular flexibility index (Phi) is 3.88. The Morgan fingerprint density at radius 3 is 2.91 bits per heavy atom. The van der Waals surface area contributed by atoms with Gasteiger partial charge in [-0.2, -0.15) is 0 Å². The van der Waals surface area contributed by atoms with E-state index in [0.717, 1.165) is 0 Å². The van der Waals surface area contributed by atoms with Gasteiger partial charge in [0.1, 0.15) is 23.5 Å². The van der Waals surface area contributed by atoms with Crippen LogP contribution in [0.15, 0.2) is 12.4 Å². The van der Waals surface area contributed by atoms with E-state index in [-0.39, 0.29) is 30.6 Å². The normalized spacial score (nSPS) is 18.6. The molecule has 9 heteroatoms. The van der Waals surface area contributed by atoms with Crippen LogP contribution in [-0.4, -0.2) is 51.7 Å². The fourth-order valence-electron chi connectivity index (χ4n) is 2.81. The largest absolute Gasteiger partial charge is 0.477 e. The van der Waals surface area contributed by atoms with E-state index < -0.39 is 11.9 Å². The number of halogens is 2. The number of ether oxygens (including phenoxy) is 1. The molecule has 23 heavy (non-hydrogen) atoms. The molecule has 0 bridgehead atoms. The third-order valence-corrected chi connectivity index (χ3v) is 4.08. The predicted molar refractivity (Wildman–Crippen MR) is 77.8 cm³/mol. The molecule has 0 radical (unpaired) electrons. The molecule has 1 unspecified atom stereocenters. The standard InChI is InChI=1S/C14H16F2N4O3/c1-23-10(7-3-14(15,16)4-7)5-17-11-8-2-9(13(21)22)20-12(8)19-6-18-11/h2,6-7,10H,3-5H2,1H3,(H,21,22)(H2,17,18,19,20). The SMILES string of the molecule is COC(CNc1ncnc2[nH]c(C(=O)O)cc12)C1CC(F)(F)C1. The third-order valence-electron chi connectivity index (χ3n) is 4.08. The maximum absolute atomic E-state index is 13.0. The first kappa shape index (κ1) is 15.6. The van der Waals surface area contributed by atoms with Gasteiger partial charge in [0.15, 0.2) is 0 Å². The number of aromatic amines is 1. The number of H-pyrrole nitrogens is 1. The fraction of sp³-hybridized carbons (Fsp3) is 0.500. The van der Waals surface area contributed by atoms with Crippen molar-refractivity contribution in [1.29, 1.82) is 0 Å². The predicted octanol–water partition coefficient (Wildman–Crippen LogP) is 2.13. The molecule has 7 nitrogen and oxygen atoms in total. The van der Waals surface area contributed by atoms with Crippen LogP contribution in [0, 0.1) is 5.92 Å². The summed E-state index contributed by atoms with van der Waals surface area (Å²) in [5.74, 6) is -3.46. The second-order valence-corrected chi connectivity index (χ2v) is 5.65. The van der Waals surface area contributed by atoms with E-state index in [1.54, 1.807) is 0 Å². The lowest BCUT2D eigenvalue weighted by molar-refractivity contribution is -0.144. The highest BCUT2D eigenvalue weighted by molar-refractivity contribution is 5.96. The molecule has 0 spiro atoms. The number of nitrogens with zero attached hydrogens (tertiary/aromatic N) is 2. The number of alkyl halides is 2. The lowest BCUT2D eigenvalue weighted by Crippen LogP contribution is -2.45. The zero-order chi connectivity index (χ0) is 16.6. The van der Waals surface area contributed by atoms with Crippen LogP contribution < -0.4 is 5.32 Å². The number of hydrogen-bond donors (Lipinski definition) is 3. The van der Waals surface area contributed by atoms with Crippen LogP contribution in [0.2, 0.25) is 0 Å². The number of carboxylic acids is 1. The molecular weight excluding hydrogens is 310 g/mol. The molecule has 124 valence electrons. The van der Waals surface area contributed by atoms with Gasteiger partial charge in [-0.25, -0.2) is 23.5 Å². The van der Waals surface area contributed by atoms with Crippen molar-refractivity contribution in [2.45, 2.75) is 24.9 Å². The molecule has 0 amide bonds. The van der Waals surface area contributed by atoms with E-state index in [4.69, 9.17) is 9.84 Å². The van der Waals surface area contributed by atoms with Gasteiger partial charge in [-0.1, -0.05) is 0 Å². The maximum Gasteiger partial charge on any atom is 0.352 e.